The van der Waals surface area contributed by atoms with Crippen molar-refractivity contribution in [1.82, 2.24) is 0 Å². The van der Waals surface area contributed by atoms with Gasteiger partial charge in [0.25, 0.3) is 0 Å². The second kappa shape index (κ2) is 4.16. The van der Waals surface area contributed by atoms with E-state index in [4.69, 9.17) is 4.42 Å². The molecule has 19 heavy (non-hydrogen) atoms. The van der Waals surface area contributed by atoms with Gasteiger partial charge >= 0.3 is 6.18 Å². The number of alkyl halides is 3. The summed E-state index contributed by atoms with van der Waals surface area (Å²) in [7, 11) is 0. The summed E-state index contributed by atoms with van der Waals surface area (Å²) in [6.45, 7) is 0. The average Bonchev–Trinajstić information content (AvgIpc) is 2.81. The third-order valence-electron chi connectivity index (χ3n) is 2.90. The van der Waals surface area contributed by atoms with Crippen LogP contribution in [0.5, 0.6) is 0 Å². The molecular formula is C15H9F3O. The summed E-state index contributed by atoms with van der Waals surface area (Å²) in [6.07, 6.45) is -4.33. The molecule has 0 aliphatic heterocycles. The summed E-state index contributed by atoms with van der Waals surface area (Å²) in [5.41, 5.74) is 0.625. The summed E-state index contributed by atoms with van der Waals surface area (Å²) in [6, 6.07) is 14.4. The van der Waals surface area contributed by atoms with E-state index in [1.807, 2.05) is 30.3 Å². The van der Waals surface area contributed by atoms with Crippen LogP contribution in [-0.2, 0) is 6.18 Å². The number of hydrogen-bond donors (Lipinski definition) is 0. The molecular weight excluding hydrogens is 253 g/mol. The quantitative estimate of drug-likeness (QED) is 0.593. The SMILES string of the molecule is FC(F)(F)c1ccc2oc(-c3ccccc3)cc2c1. The summed E-state index contributed by atoms with van der Waals surface area (Å²) < 4.78 is 43.4. The van der Waals surface area contributed by atoms with Gasteiger partial charge in [0.1, 0.15) is 11.3 Å². The van der Waals surface area contributed by atoms with Crippen molar-refractivity contribution in [2.75, 3.05) is 0 Å². The number of rotatable bonds is 1. The Labute approximate surface area is 107 Å². The van der Waals surface area contributed by atoms with E-state index in [-0.39, 0.29) is 0 Å². The molecule has 0 fully saturated rings. The van der Waals surface area contributed by atoms with Crippen LogP contribution in [0, 0.1) is 0 Å². The van der Waals surface area contributed by atoms with Gasteiger partial charge in [-0.25, -0.2) is 0 Å². The van der Waals surface area contributed by atoms with Crippen molar-refractivity contribution in [3.8, 4) is 11.3 Å². The highest BCUT2D eigenvalue weighted by atomic mass is 19.4. The molecule has 3 aromatic rings. The lowest BCUT2D eigenvalue weighted by atomic mass is 10.1. The maximum absolute atomic E-state index is 12.6. The predicted octanol–water partition coefficient (Wildman–Crippen LogP) is 5.12. The standard InChI is InChI=1S/C15H9F3O/c16-15(17,18)12-6-7-13-11(8-12)9-14(19-13)10-4-2-1-3-5-10/h1-9H. The van der Waals surface area contributed by atoms with Crippen molar-refractivity contribution in [3.05, 3.63) is 60.2 Å². The van der Waals surface area contributed by atoms with E-state index < -0.39 is 11.7 Å². The van der Waals surface area contributed by atoms with Crippen molar-refractivity contribution in [2.24, 2.45) is 0 Å². The van der Waals surface area contributed by atoms with Crippen molar-refractivity contribution >= 4 is 11.0 Å². The van der Waals surface area contributed by atoms with Crippen LogP contribution in [0.1, 0.15) is 5.56 Å². The van der Waals surface area contributed by atoms with Crippen LogP contribution < -0.4 is 0 Å². The Bertz CT molecular complexity index is 711. The van der Waals surface area contributed by atoms with E-state index in [1.165, 1.54) is 6.07 Å². The normalized spacial score (nSPS) is 11.9. The van der Waals surface area contributed by atoms with Gasteiger partial charge in [-0.2, -0.15) is 13.2 Å². The lowest BCUT2D eigenvalue weighted by Gasteiger charge is -2.04. The van der Waals surface area contributed by atoms with E-state index in [9.17, 15) is 13.2 Å². The Balaban J connectivity index is 2.12. The van der Waals surface area contributed by atoms with Crippen LogP contribution in [-0.4, -0.2) is 0 Å². The molecule has 2 aromatic carbocycles. The van der Waals surface area contributed by atoms with E-state index in [0.29, 0.717) is 16.7 Å². The zero-order valence-electron chi connectivity index (χ0n) is 9.74. The fourth-order valence-electron chi connectivity index (χ4n) is 1.96. The predicted molar refractivity (Wildman–Crippen MR) is 66.7 cm³/mol. The maximum Gasteiger partial charge on any atom is 0.416 e. The Morgan fingerprint density at radius 2 is 1.58 bits per heavy atom. The van der Waals surface area contributed by atoms with Crippen molar-refractivity contribution < 1.29 is 17.6 Å². The van der Waals surface area contributed by atoms with Crippen molar-refractivity contribution in [2.45, 2.75) is 6.18 Å². The minimum Gasteiger partial charge on any atom is -0.456 e. The molecule has 1 nitrogen and oxygen atoms in total. The fourth-order valence-corrected chi connectivity index (χ4v) is 1.96. The molecule has 0 atom stereocenters. The maximum atomic E-state index is 12.6. The highest BCUT2D eigenvalue weighted by molar-refractivity contribution is 5.83. The van der Waals surface area contributed by atoms with Crippen LogP contribution in [0.2, 0.25) is 0 Å². The number of hydrogen-bond acceptors (Lipinski definition) is 1. The molecule has 1 aromatic heterocycles. The minimum atomic E-state index is -4.33. The molecule has 0 aliphatic rings. The van der Waals surface area contributed by atoms with Gasteiger partial charge in [0.05, 0.1) is 5.56 Å². The molecule has 0 amide bonds. The average molecular weight is 262 g/mol. The molecule has 0 unspecified atom stereocenters. The summed E-state index contributed by atoms with van der Waals surface area (Å²) in [5.74, 6) is 0.565. The Hall–Kier alpha value is -2.23. The molecule has 0 saturated heterocycles. The van der Waals surface area contributed by atoms with E-state index in [2.05, 4.69) is 0 Å². The van der Waals surface area contributed by atoms with Gasteiger partial charge in [-0.15, -0.1) is 0 Å². The summed E-state index contributed by atoms with van der Waals surface area (Å²) in [5, 5.41) is 0.452. The second-order valence-corrected chi connectivity index (χ2v) is 4.23. The van der Waals surface area contributed by atoms with E-state index >= 15 is 0 Å². The van der Waals surface area contributed by atoms with Crippen LogP contribution in [0.25, 0.3) is 22.3 Å². The van der Waals surface area contributed by atoms with Gasteiger partial charge in [0.15, 0.2) is 0 Å². The molecule has 0 saturated carbocycles. The molecule has 0 spiro atoms. The van der Waals surface area contributed by atoms with Crippen LogP contribution >= 0.6 is 0 Å². The molecule has 0 N–H and O–H groups in total. The van der Waals surface area contributed by atoms with Gasteiger partial charge in [0, 0.05) is 10.9 Å². The highest BCUT2D eigenvalue weighted by Gasteiger charge is 2.30. The molecule has 4 heteroatoms. The molecule has 0 bridgehead atoms. The van der Waals surface area contributed by atoms with Gasteiger partial charge in [-0.1, -0.05) is 30.3 Å². The number of furan rings is 1. The van der Waals surface area contributed by atoms with Gasteiger partial charge < -0.3 is 4.42 Å². The van der Waals surface area contributed by atoms with Crippen LogP contribution in [0.3, 0.4) is 0 Å². The Kier molecular flexibility index (Phi) is 2.59. The third kappa shape index (κ3) is 2.21. The number of fused-ring (bicyclic) bond motifs is 1. The van der Waals surface area contributed by atoms with Gasteiger partial charge in [-0.05, 0) is 24.3 Å². The van der Waals surface area contributed by atoms with E-state index in [1.54, 1.807) is 6.07 Å². The first-order chi connectivity index (χ1) is 9.04. The monoisotopic (exact) mass is 262 g/mol. The minimum absolute atomic E-state index is 0.451. The van der Waals surface area contributed by atoms with Crippen LogP contribution in [0.15, 0.2) is 59.0 Å². The molecule has 3 rings (SSSR count). The van der Waals surface area contributed by atoms with E-state index in [0.717, 1.165) is 17.7 Å². The molecule has 1 heterocycles. The lowest BCUT2D eigenvalue weighted by molar-refractivity contribution is -0.137. The number of halogens is 3. The second-order valence-electron chi connectivity index (χ2n) is 4.23. The van der Waals surface area contributed by atoms with Gasteiger partial charge in [0.2, 0.25) is 0 Å². The lowest BCUT2D eigenvalue weighted by Crippen LogP contribution is -2.03. The Morgan fingerprint density at radius 1 is 0.842 bits per heavy atom. The topological polar surface area (TPSA) is 13.1 Å². The molecule has 0 radical (unpaired) electrons. The van der Waals surface area contributed by atoms with Crippen molar-refractivity contribution in [3.63, 3.8) is 0 Å². The third-order valence-corrected chi connectivity index (χ3v) is 2.90. The van der Waals surface area contributed by atoms with Crippen molar-refractivity contribution in [1.29, 1.82) is 0 Å². The smallest absolute Gasteiger partial charge is 0.416 e. The first-order valence-corrected chi connectivity index (χ1v) is 5.70. The zero-order chi connectivity index (χ0) is 13.5. The molecule has 0 aliphatic carbocycles. The largest absolute Gasteiger partial charge is 0.456 e. The fraction of sp³-hybridized carbons (Fsp3) is 0.0667. The number of benzene rings is 2. The van der Waals surface area contributed by atoms with Crippen LogP contribution in [0.4, 0.5) is 13.2 Å². The molecule has 96 valence electrons. The summed E-state index contributed by atoms with van der Waals surface area (Å²) in [4.78, 5) is 0. The first kappa shape index (κ1) is 11.8. The summed E-state index contributed by atoms with van der Waals surface area (Å²) >= 11 is 0. The highest BCUT2D eigenvalue weighted by Crippen LogP contribution is 2.34. The first-order valence-electron chi connectivity index (χ1n) is 5.70. The zero-order valence-corrected chi connectivity index (χ0v) is 9.74. The Morgan fingerprint density at radius 3 is 2.26 bits per heavy atom. The van der Waals surface area contributed by atoms with Gasteiger partial charge in [-0.3, -0.25) is 0 Å².